The van der Waals surface area contributed by atoms with Crippen molar-refractivity contribution in [2.24, 2.45) is 0 Å². The second-order valence-electron chi connectivity index (χ2n) is 4.65. The van der Waals surface area contributed by atoms with Crippen LogP contribution in [0.1, 0.15) is 31.4 Å². The van der Waals surface area contributed by atoms with Gasteiger partial charge in [-0.25, -0.2) is 0 Å². The van der Waals surface area contributed by atoms with Crippen LogP contribution in [0.25, 0.3) is 0 Å². The minimum Gasteiger partial charge on any atom is -0.396 e. The van der Waals surface area contributed by atoms with Gasteiger partial charge < -0.3 is 15.2 Å². The molecule has 0 aliphatic carbocycles. The van der Waals surface area contributed by atoms with E-state index in [9.17, 15) is 0 Å². The summed E-state index contributed by atoms with van der Waals surface area (Å²) < 4.78 is 7.33. The second-order valence-corrected chi connectivity index (χ2v) is 4.65. The molecule has 1 aromatic rings. The molecule has 1 aliphatic rings. The van der Waals surface area contributed by atoms with E-state index in [2.05, 4.69) is 15.6 Å². The first-order valence-electron chi connectivity index (χ1n) is 6.70. The Morgan fingerprint density at radius 1 is 1.56 bits per heavy atom. The Morgan fingerprint density at radius 3 is 3.28 bits per heavy atom. The number of aryl methyl sites for hydroxylation is 1. The number of ether oxygens (including phenoxy) is 1. The largest absolute Gasteiger partial charge is 0.396 e. The van der Waals surface area contributed by atoms with E-state index in [4.69, 9.17) is 9.84 Å². The molecule has 0 saturated carbocycles. The second kappa shape index (κ2) is 7.45. The lowest BCUT2D eigenvalue weighted by Crippen LogP contribution is -2.20. The molecule has 6 nitrogen and oxygen atoms in total. The van der Waals surface area contributed by atoms with Gasteiger partial charge in [0.05, 0.1) is 11.8 Å². The zero-order valence-corrected chi connectivity index (χ0v) is 10.7. The van der Waals surface area contributed by atoms with Crippen LogP contribution in [0.2, 0.25) is 0 Å². The number of hydrogen-bond donors (Lipinski definition) is 2. The monoisotopic (exact) mass is 254 g/mol. The molecule has 0 amide bonds. The zero-order valence-electron chi connectivity index (χ0n) is 10.7. The number of hydrogen-bond acceptors (Lipinski definition) is 5. The highest BCUT2D eigenvalue weighted by atomic mass is 16.5. The predicted octanol–water partition coefficient (Wildman–Crippen LogP) is 0.319. The zero-order chi connectivity index (χ0) is 12.6. The van der Waals surface area contributed by atoms with Gasteiger partial charge in [-0.1, -0.05) is 5.21 Å². The lowest BCUT2D eigenvalue weighted by Gasteiger charge is -2.08. The Bertz CT molecular complexity index is 337. The molecule has 102 valence electrons. The summed E-state index contributed by atoms with van der Waals surface area (Å²) in [7, 11) is 0. The smallest absolute Gasteiger partial charge is 0.0964 e. The molecule has 0 spiro atoms. The van der Waals surface area contributed by atoms with Crippen LogP contribution in [0.15, 0.2) is 6.20 Å². The van der Waals surface area contributed by atoms with E-state index < -0.39 is 0 Å². The molecule has 0 radical (unpaired) electrons. The highest BCUT2D eigenvalue weighted by Crippen LogP contribution is 2.14. The molecule has 1 atom stereocenters. The van der Waals surface area contributed by atoms with E-state index in [0.717, 1.165) is 44.8 Å². The molecular weight excluding hydrogens is 232 g/mol. The highest BCUT2D eigenvalue weighted by Gasteiger charge is 2.14. The van der Waals surface area contributed by atoms with E-state index >= 15 is 0 Å². The number of nitrogens with zero attached hydrogens (tertiary/aromatic N) is 3. The van der Waals surface area contributed by atoms with Crippen LogP contribution in [0.3, 0.4) is 0 Å². The fraction of sp³-hybridized carbons (Fsp3) is 0.833. The number of aliphatic hydroxyl groups is 1. The molecule has 1 unspecified atom stereocenters. The Balaban J connectivity index is 1.59. The molecule has 1 aliphatic heterocycles. The molecule has 18 heavy (non-hydrogen) atoms. The summed E-state index contributed by atoms with van der Waals surface area (Å²) in [6.07, 6.45) is 6.55. The molecule has 0 bridgehead atoms. The summed E-state index contributed by atoms with van der Waals surface area (Å²) in [5, 5.41) is 20.2. The van der Waals surface area contributed by atoms with E-state index in [0.29, 0.717) is 6.10 Å². The summed E-state index contributed by atoms with van der Waals surface area (Å²) in [5.41, 5.74) is 0.945. The molecule has 1 aromatic heterocycles. The Kier molecular flexibility index (Phi) is 5.57. The van der Waals surface area contributed by atoms with Gasteiger partial charge >= 0.3 is 0 Å². The molecule has 1 saturated heterocycles. The average molecular weight is 254 g/mol. The van der Waals surface area contributed by atoms with Gasteiger partial charge in [0.25, 0.3) is 0 Å². The molecule has 6 heteroatoms. The third-order valence-corrected chi connectivity index (χ3v) is 3.10. The summed E-state index contributed by atoms with van der Waals surface area (Å²) in [5.74, 6) is 0. The molecule has 2 rings (SSSR count). The molecule has 1 fully saturated rings. The summed E-state index contributed by atoms with van der Waals surface area (Å²) in [4.78, 5) is 0. The SMILES string of the molecule is OCCCn1cc(CNCCC2CCCO2)nn1. The minimum atomic E-state index is 0.189. The lowest BCUT2D eigenvalue weighted by molar-refractivity contribution is 0.104. The van der Waals surface area contributed by atoms with Gasteiger partial charge in [0.1, 0.15) is 0 Å². The lowest BCUT2D eigenvalue weighted by atomic mass is 10.2. The van der Waals surface area contributed by atoms with Crippen LogP contribution in [-0.4, -0.2) is 46.0 Å². The number of aliphatic hydroxyl groups excluding tert-OH is 1. The number of rotatable bonds is 8. The van der Waals surface area contributed by atoms with Crippen LogP contribution in [0.4, 0.5) is 0 Å². The van der Waals surface area contributed by atoms with Crippen LogP contribution >= 0.6 is 0 Å². The van der Waals surface area contributed by atoms with E-state index in [1.807, 2.05) is 6.20 Å². The maximum Gasteiger partial charge on any atom is 0.0964 e. The third-order valence-electron chi connectivity index (χ3n) is 3.10. The van der Waals surface area contributed by atoms with Crippen molar-refractivity contribution in [1.29, 1.82) is 0 Å². The van der Waals surface area contributed by atoms with Crippen molar-refractivity contribution in [2.75, 3.05) is 19.8 Å². The van der Waals surface area contributed by atoms with E-state index in [1.165, 1.54) is 12.8 Å². The van der Waals surface area contributed by atoms with Gasteiger partial charge in [-0.2, -0.15) is 0 Å². The highest BCUT2D eigenvalue weighted by molar-refractivity contribution is 4.91. The fourth-order valence-electron chi connectivity index (χ4n) is 2.11. The van der Waals surface area contributed by atoms with Crippen molar-refractivity contribution in [3.8, 4) is 0 Å². The summed E-state index contributed by atoms with van der Waals surface area (Å²) in [6.45, 7) is 3.53. The summed E-state index contributed by atoms with van der Waals surface area (Å²) in [6, 6.07) is 0. The predicted molar refractivity (Wildman–Crippen MR) is 67.0 cm³/mol. The van der Waals surface area contributed by atoms with Crippen LogP contribution in [-0.2, 0) is 17.8 Å². The molecular formula is C12H22N4O2. The Labute approximate surface area is 107 Å². The van der Waals surface area contributed by atoms with Crippen LogP contribution in [0.5, 0.6) is 0 Å². The quantitative estimate of drug-likeness (QED) is 0.654. The Hall–Kier alpha value is -0.980. The topological polar surface area (TPSA) is 72.2 Å². The van der Waals surface area contributed by atoms with Gasteiger partial charge in [0, 0.05) is 32.5 Å². The van der Waals surface area contributed by atoms with Gasteiger partial charge in [-0.05, 0) is 32.2 Å². The van der Waals surface area contributed by atoms with Crippen molar-refractivity contribution < 1.29 is 9.84 Å². The normalized spacial score (nSPS) is 19.5. The summed E-state index contributed by atoms with van der Waals surface area (Å²) >= 11 is 0. The molecule has 2 heterocycles. The first kappa shape index (κ1) is 13.5. The van der Waals surface area contributed by atoms with Crippen molar-refractivity contribution in [3.63, 3.8) is 0 Å². The van der Waals surface area contributed by atoms with Gasteiger partial charge in [-0.3, -0.25) is 4.68 Å². The van der Waals surface area contributed by atoms with Gasteiger partial charge in [-0.15, -0.1) is 5.10 Å². The van der Waals surface area contributed by atoms with Gasteiger partial charge in [0.2, 0.25) is 0 Å². The number of aromatic nitrogens is 3. The first-order valence-corrected chi connectivity index (χ1v) is 6.70. The first-order chi connectivity index (χ1) is 8.88. The average Bonchev–Trinajstić information content (AvgIpc) is 3.04. The van der Waals surface area contributed by atoms with Crippen LogP contribution in [0, 0.1) is 0 Å². The van der Waals surface area contributed by atoms with Crippen molar-refractivity contribution >= 4 is 0 Å². The van der Waals surface area contributed by atoms with Gasteiger partial charge in [0.15, 0.2) is 0 Å². The van der Waals surface area contributed by atoms with E-state index in [-0.39, 0.29) is 6.61 Å². The fourth-order valence-corrected chi connectivity index (χ4v) is 2.11. The Morgan fingerprint density at radius 2 is 2.50 bits per heavy atom. The third kappa shape index (κ3) is 4.36. The maximum absolute atomic E-state index is 8.73. The van der Waals surface area contributed by atoms with Crippen molar-refractivity contribution in [2.45, 2.75) is 44.9 Å². The van der Waals surface area contributed by atoms with E-state index in [1.54, 1.807) is 4.68 Å². The van der Waals surface area contributed by atoms with Crippen LogP contribution < -0.4 is 5.32 Å². The standard InChI is InChI=1S/C12H22N4O2/c17-7-2-6-16-10-11(14-15-16)9-13-5-4-12-3-1-8-18-12/h10,12-13,17H,1-9H2. The minimum absolute atomic E-state index is 0.189. The molecule has 0 aromatic carbocycles. The molecule has 2 N–H and O–H groups in total. The maximum atomic E-state index is 8.73. The van der Waals surface area contributed by atoms with Crippen molar-refractivity contribution in [1.82, 2.24) is 20.3 Å². The number of nitrogens with one attached hydrogen (secondary N) is 1. The van der Waals surface area contributed by atoms with Crippen molar-refractivity contribution in [3.05, 3.63) is 11.9 Å².